The number of rotatable bonds is 4. The maximum atomic E-state index is 12.4. The zero-order chi connectivity index (χ0) is 12.5. The van der Waals surface area contributed by atoms with E-state index >= 15 is 0 Å². The summed E-state index contributed by atoms with van der Waals surface area (Å²) < 4.78 is 26.6. The van der Waals surface area contributed by atoms with E-state index in [-0.39, 0.29) is 24.5 Å². The minimum Gasteiger partial charge on any atom is -0.315 e. The summed E-state index contributed by atoms with van der Waals surface area (Å²) in [7, 11) is -3.04. The fourth-order valence-electron chi connectivity index (χ4n) is 2.88. The van der Waals surface area contributed by atoms with Gasteiger partial charge in [0.15, 0.2) is 0 Å². The van der Waals surface area contributed by atoms with E-state index in [1.165, 1.54) is 0 Å². The summed E-state index contributed by atoms with van der Waals surface area (Å²) in [5, 5.41) is 3.34. The van der Waals surface area contributed by atoms with Crippen LogP contribution in [0.2, 0.25) is 0 Å². The van der Waals surface area contributed by atoms with Crippen LogP contribution >= 0.6 is 12.4 Å². The van der Waals surface area contributed by atoms with Gasteiger partial charge in [0.2, 0.25) is 10.0 Å². The van der Waals surface area contributed by atoms with Crippen molar-refractivity contribution < 1.29 is 8.42 Å². The molecule has 0 radical (unpaired) electrons. The molecule has 2 aliphatic heterocycles. The normalized spacial score (nSPS) is 29.1. The van der Waals surface area contributed by atoms with Crippen LogP contribution in [0.4, 0.5) is 0 Å². The molecule has 2 bridgehead atoms. The van der Waals surface area contributed by atoms with Crippen molar-refractivity contribution in [2.45, 2.75) is 51.6 Å². The lowest BCUT2D eigenvalue weighted by atomic mass is 10.1. The Labute approximate surface area is 117 Å². The molecule has 2 rings (SSSR count). The molecule has 2 saturated heterocycles. The molecule has 18 heavy (non-hydrogen) atoms. The molecule has 2 unspecified atom stereocenters. The molecule has 2 atom stereocenters. The van der Waals surface area contributed by atoms with E-state index in [1.54, 1.807) is 0 Å². The summed E-state index contributed by atoms with van der Waals surface area (Å²) in [5.74, 6) is 0.769. The van der Waals surface area contributed by atoms with Gasteiger partial charge in [0, 0.05) is 18.6 Å². The van der Waals surface area contributed by atoms with Gasteiger partial charge in [0.25, 0.3) is 0 Å². The monoisotopic (exact) mass is 296 g/mol. The van der Waals surface area contributed by atoms with Gasteiger partial charge in [-0.1, -0.05) is 13.8 Å². The van der Waals surface area contributed by atoms with Gasteiger partial charge in [-0.15, -0.1) is 12.4 Å². The van der Waals surface area contributed by atoms with Crippen LogP contribution in [0.25, 0.3) is 0 Å². The average molecular weight is 297 g/mol. The number of fused-ring (bicyclic) bond motifs is 2. The van der Waals surface area contributed by atoms with Crippen LogP contribution in [0.15, 0.2) is 0 Å². The van der Waals surface area contributed by atoms with Gasteiger partial charge in [-0.2, -0.15) is 4.31 Å². The van der Waals surface area contributed by atoms with Gasteiger partial charge >= 0.3 is 0 Å². The summed E-state index contributed by atoms with van der Waals surface area (Å²) in [4.78, 5) is 0. The van der Waals surface area contributed by atoms with Crippen molar-refractivity contribution >= 4 is 22.4 Å². The highest BCUT2D eigenvalue weighted by molar-refractivity contribution is 7.89. The molecule has 0 aromatic heterocycles. The summed E-state index contributed by atoms with van der Waals surface area (Å²) in [6.45, 7) is 5.94. The van der Waals surface area contributed by atoms with Crippen LogP contribution in [-0.4, -0.2) is 43.6 Å². The van der Waals surface area contributed by atoms with Crippen LogP contribution in [0.5, 0.6) is 0 Å². The second-order valence-electron chi connectivity index (χ2n) is 5.71. The van der Waals surface area contributed by atoms with Crippen LogP contribution in [0.3, 0.4) is 0 Å². The average Bonchev–Trinajstić information content (AvgIpc) is 2.50. The van der Waals surface area contributed by atoms with Crippen LogP contribution in [0, 0.1) is 5.92 Å². The number of hydrogen-bond donors (Lipinski definition) is 1. The Balaban J connectivity index is 0.00000162. The highest BCUT2D eigenvalue weighted by Gasteiger charge is 2.41. The third kappa shape index (κ3) is 3.59. The summed E-state index contributed by atoms with van der Waals surface area (Å²) >= 11 is 0. The first-order chi connectivity index (χ1) is 8.00. The Hall–Kier alpha value is 0.160. The number of sulfonamides is 1. The predicted molar refractivity (Wildman–Crippen MR) is 76.6 cm³/mol. The SMILES string of the molecule is CC(C)CCS(=O)(=O)N1C2CCNCC1CC2.Cl. The van der Waals surface area contributed by atoms with E-state index in [2.05, 4.69) is 19.2 Å². The molecule has 2 fully saturated rings. The number of halogens is 1. The maximum Gasteiger partial charge on any atom is 0.214 e. The first kappa shape index (κ1) is 16.2. The van der Waals surface area contributed by atoms with E-state index in [0.29, 0.717) is 11.7 Å². The zero-order valence-corrected chi connectivity index (χ0v) is 12.9. The van der Waals surface area contributed by atoms with E-state index in [4.69, 9.17) is 0 Å². The predicted octanol–water partition coefficient (Wildman–Crippen LogP) is 1.61. The van der Waals surface area contributed by atoms with Crippen molar-refractivity contribution in [3.8, 4) is 0 Å². The Kier molecular flexibility index (Phi) is 5.90. The van der Waals surface area contributed by atoms with E-state index in [1.807, 2.05) is 4.31 Å². The Morgan fingerprint density at radius 2 is 1.89 bits per heavy atom. The van der Waals surface area contributed by atoms with Crippen LogP contribution in [-0.2, 0) is 10.0 Å². The summed E-state index contributed by atoms with van der Waals surface area (Å²) in [5.41, 5.74) is 0. The molecule has 6 heteroatoms. The van der Waals surface area contributed by atoms with E-state index in [9.17, 15) is 8.42 Å². The minimum atomic E-state index is -3.04. The molecule has 0 aromatic carbocycles. The smallest absolute Gasteiger partial charge is 0.214 e. The number of hydrogen-bond acceptors (Lipinski definition) is 3. The molecule has 2 heterocycles. The van der Waals surface area contributed by atoms with Crippen LogP contribution in [0.1, 0.15) is 39.5 Å². The first-order valence-corrected chi connectivity index (χ1v) is 8.33. The van der Waals surface area contributed by atoms with Crippen molar-refractivity contribution in [2.24, 2.45) is 5.92 Å². The zero-order valence-electron chi connectivity index (χ0n) is 11.3. The van der Waals surface area contributed by atoms with Crippen molar-refractivity contribution in [3.05, 3.63) is 0 Å². The highest BCUT2D eigenvalue weighted by atomic mass is 35.5. The Bertz CT molecular complexity index is 345. The Morgan fingerprint density at radius 1 is 1.22 bits per heavy atom. The minimum absolute atomic E-state index is 0. The van der Waals surface area contributed by atoms with Crippen LogP contribution < -0.4 is 5.32 Å². The molecular formula is C12H25ClN2O2S. The van der Waals surface area contributed by atoms with Gasteiger partial charge in [0.05, 0.1) is 5.75 Å². The lowest BCUT2D eigenvalue weighted by Crippen LogP contribution is -2.43. The Morgan fingerprint density at radius 3 is 2.56 bits per heavy atom. The van der Waals surface area contributed by atoms with E-state index < -0.39 is 10.0 Å². The quantitative estimate of drug-likeness (QED) is 0.857. The van der Waals surface area contributed by atoms with Gasteiger partial charge in [-0.25, -0.2) is 8.42 Å². The summed E-state index contributed by atoms with van der Waals surface area (Å²) in [6, 6.07) is 0.465. The van der Waals surface area contributed by atoms with Gasteiger partial charge in [0.1, 0.15) is 0 Å². The van der Waals surface area contributed by atoms with E-state index in [0.717, 1.165) is 38.8 Å². The largest absolute Gasteiger partial charge is 0.315 e. The molecule has 1 N–H and O–H groups in total. The molecule has 108 valence electrons. The standard InChI is InChI=1S/C12H24N2O2S.ClH/c1-10(2)6-8-17(15,16)14-11-3-4-12(14)9-13-7-5-11;/h10-13H,3-9H2,1-2H3;1H. The fraction of sp³-hybridized carbons (Fsp3) is 1.00. The lowest BCUT2D eigenvalue weighted by molar-refractivity contribution is 0.333. The molecule has 0 spiro atoms. The fourth-order valence-corrected chi connectivity index (χ4v) is 5.16. The molecule has 2 aliphatic rings. The molecule has 0 aromatic rings. The molecule has 0 aliphatic carbocycles. The first-order valence-electron chi connectivity index (χ1n) is 6.72. The summed E-state index contributed by atoms with van der Waals surface area (Å²) in [6.07, 6.45) is 3.81. The highest BCUT2D eigenvalue weighted by Crippen LogP contribution is 2.31. The lowest BCUT2D eigenvalue weighted by Gasteiger charge is -2.27. The van der Waals surface area contributed by atoms with Crippen molar-refractivity contribution in [2.75, 3.05) is 18.8 Å². The second kappa shape index (κ2) is 6.55. The number of nitrogens with one attached hydrogen (secondary N) is 1. The molecule has 4 nitrogen and oxygen atoms in total. The third-order valence-corrected chi connectivity index (χ3v) is 5.85. The molecule has 0 saturated carbocycles. The number of nitrogens with zero attached hydrogens (tertiary/aromatic N) is 1. The van der Waals surface area contributed by atoms with Gasteiger partial charge in [-0.05, 0) is 38.1 Å². The van der Waals surface area contributed by atoms with Crippen molar-refractivity contribution in [3.63, 3.8) is 0 Å². The molecular weight excluding hydrogens is 272 g/mol. The van der Waals surface area contributed by atoms with Crippen molar-refractivity contribution in [1.82, 2.24) is 9.62 Å². The van der Waals surface area contributed by atoms with Gasteiger partial charge in [-0.3, -0.25) is 0 Å². The van der Waals surface area contributed by atoms with Crippen molar-refractivity contribution in [1.29, 1.82) is 0 Å². The third-order valence-electron chi connectivity index (χ3n) is 3.86. The maximum absolute atomic E-state index is 12.4. The molecule has 0 amide bonds. The topological polar surface area (TPSA) is 49.4 Å². The second-order valence-corrected chi connectivity index (χ2v) is 7.70. The van der Waals surface area contributed by atoms with Gasteiger partial charge < -0.3 is 5.32 Å².